The molecule has 1 atom stereocenters. The summed E-state index contributed by atoms with van der Waals surface area (Å²) in [6, 6.07) is 7.97. The molecule has 128 valence electrons. The quantitative estimate of drug-likeness (QED) is 0.675. The molecule has 24 heavy (non-hydrogen) atoms. The summed E-state index contributed by atoms with van der Waals surface area (Å²) in [5.41, 5.74) is 2.50. The van der Waals surface area contributed by atoms with Crippen LogP contribution >= 0.6 is 0 Å². The molecule has 2 aliphatic rings. The maximum atomic E-state index is 12.6. The topological polar surface area (TPSA) is 17.1 Å². The van der Waals surface area contributed by atoms with Gasteiger partial charge in [0.25, 0.3) is 0 Å². The van der Waals surface area contributed by atoms with E-state index in [1.165, 1.54) is 11.1 Å². The van der Waals surface area contributed by atoms with Crippen molar-refractivity contribution in [1.29, 1.82) is 0 Å². The fourth-order valence-electron chi connectivity index (χ4n) is 2.29. The van der Waals surface area contributed by atoms with Gasteiger partial charge >= 0.3 is 0 Å². The van der Waals surface area contributed by atoms with Crippen LogP contribution in [0.4, 0.5) is 0 Å². The van der Waals surface area contributed by atoms with Crippen LogP contribution in [0.15, 0.2) is 29.2 Å². The summed E-state index contributed by atoms with van der Waals surface area (Å²) in [7, 11) is -2.47. The fraction of sp³-hybridized carbons (Fsp3) is 0.200. The molecule has 1 aromatic carbocycles. The normalized spacial score (nSPS) is 20.2. The van der Waals surface area contributed by atoms with Gasteiger partial charge < -0.3 is 0 Å². The number of rotatable bonds is 3. The summed E-state index contributed by atoms with van der Waals surface area (Å²) in [6.07, 6.45) is 16.2. The SMILES string of the molecule is Cc1ccc([S@](=O)[C]2[CH][CH][CH][C]2[Si](C)(C)C)cc1.[CH]1[CH][CH][CH][CH]1.[Fe]. The van der Waals surface area contributed by atoms with Gasteiger partial charge in [0.2, 0.25) is 0 Å². The molecule has 3 rings (SSSR count). The van der Waals surface area contributed by atoms with Gasteiger partial charge in [-0.1, -0.05) is 37.3 Å². The zero-order chi connectivity index (χ0) is 16.9. The van der Waals surface area contributed by atoms with Gasteiger partial charge in [0.1, 0.15) is 0 Å². The van der Waals surface area contributed by atoms with Crippen molar-refractivity contribution in [3.05, 3.63) is 92.0 Å². The summed E-state index contributed by atoms with van der Waals surface area (Å²) in [5.74, 6) is 0. The first-order chi connectivity index (χ1) is 10.9. The standard InChI is InChI=1S/C15H19OSSi.C5H5.Fe/c1-12-8-10-13(11-9-12)17(16)14-6-5-7-15(14)18(2,3)4;1-2-4-5-3-1;/h5-11H,1-4H3;1-5H;/t17-;;/m0../s1. The first-order valence-corrected chi connectivity index (χ1v) is 12.5. The van der Waals surface area contributed by atoms with Crippen molar-refractivity contribution in [2.24, 2.45) is 0 Å². The van der Waals surface area contributed by atoms with Crippen LogP contribution in [0.25, 0.3) is 0 Å². The van der Waals surface area contributed by atoms with Crippen LogP contribution < -0.4 is 0 Å². The summed E-state index contributed by atoms with van der Waals surface area (Å²) >= 11 is 0. The van der Waals surface area contributed by atoms with E-state index in [2.05, 4.69) is 26.1 Å². The molecule has 0 spiro atoms. The third-order valence-electron chi connectivity index (χ3n) is 3.57. The summed E-state index contributed by atoms with van der Waals surface area (Å²) in [6.45, 7) is 8.91. The Bertz CT molecular complexity index is 498. The minimum absolute atomic E-state index is 0. The van der Waals surface area contributed by atoms with Crippen LogP contribution in [0, 0.1) is 69.1 Å². The molecule has 0 heterocycles. The Kier molecular flexibility index (Phi) is 9.51. The number of benzene rings is 1. The summed E-state index contributed by atoms with van der Waals surface area (Å²) in [5, 5.41) is 0.998. The predicted molar refractivity (Wildman–Crippen MR) is 102 cm³/mol. The Hall–Kier alpha value is 0.106. The van der Waals surface area contributed by atoms with Gasteiger partial charge in [-0.3, -0.25) is 4.21 Å². The van der Waals surface area contributed by atoms with Gasteiger partial charge in [0, 0.05) is 22.0 Å². The molecule has 2 aliphatic carbocycles. The van der Waals surface area contributed by atoms with E-state index in [-0.39, 0.29) is 17.1 Å². The molecular formula is C20H24FeOSSi. The van der Waals surface area contributed by atoms with E-state index in [9.17, 15) is 4.21 Å². The van der Waals surface area contributed by atoms with Crippen molar-refractivity contribution in [3.8, 4) is 0 Å². The third kappa shape index (κ3) is 6.44. The molecule has 2 saturated carbocycles. The van der Waals surface area contributed by atoms with Crippen LogP contribution in [0.1, 0.15) is 5.56 Å². The zero-order valence-corrected chi connectivity index (χ0v) is 17.5. The molecule has 0 bridgehead atoms. The summed E-state index contributed by atoms with van der Waals surface area (Å²) in [4.78, 5) is 0.895. The molecule has 0 amide bonds. The minimum atomic E-state index is -1.43. The van der Waals surface area contributed by atoms with Crippen LogP contribution in [-0.4, -0.2) is 12.3 Å². The first-order valence-electron chi connectivity index (χ1n) is 7.81. The minimum Gasteiger partial charge on any atom is -0.254 e. The molecule has 0 aromatic heterocycles. The molecule has 4 heteroatoms. The second-order valence-electron chi connectivity index (χ2n) is 6.60. The van der Waals surface area contributed by atoms with E-state index in [0.29, 0.717) is 0 Å². The summed E-state index contributed by atoms with van der Waals surface area (Å²) < 4.78 is 12.6. The Labute approximate surface area is 163 Å². The van der Waals surface area contributed by atoms with Gasteiger partial charge in [-0.2, -0.15) is 0 Å². The second kappa shape index (κ2) is 10.3. The van der Waals surface area contributed by atoms with Gasteiger partial charge in [0.05, 0.1) is 24.1 Å². The average molecular weight is 396 g/mol. The maximum absolute atomic E-state index is 12.6. The van der Waals surface area contributed by atoms with E-state index < -0.39 is 18.9 Å². The molecular weight excluding hydrogens is 372 g/mol. The van der Waals surface area contributed by atoms with Crippen LogP contribution in [0.2, 0.25) is 19.6 Å². The van der Waals surface area contributed by atoms with Crippen LogP contribution in [-0.2, 0) is 27.9 Å². The number of aryl methyl sites for hydroxylation is 1. The van der Waals surface area contributed by atoms with E-state index in [1.807, 2.05) is 76.1 Å². The van der Waals surface area contributed by atoms with Gasteiger partial charge in [0.15, 0.2) is 0 Å². The molecule has 10 radical (unpaired) electrons. The van der Waals surface area contributed by atoms with Crippen molar-refractivity contribution in [2.75, 3.05) is 0 Å². The van der Waals surface area contributed by atoms with Crippen LogP contribution in [0.3, 0.4) is 0 Å². The van der Waals surface area contributed by atoms with Gasteiger partial charge in [-0.25, -0.2) is 0 Å². The Morgan fingerprint density at radius 1 is 0.792 bits per heavy atom. The number of hydrogen-bond acceptors (Lipinski definition) is 1. The average Bonchev–Trinajstić information content (AvgIpc) is 3.21. The van der Waals surface area contributed by atoms with Crippen LogP contribution in [0.5, 0.6) is 0 Å². The van der Waals surface area contributed by atoms with E-state index >= 15 is 0 Å². The maximum Gasteiger partial charge on any atom is 0.0758 e. The molecule has 0 saturated heterocycles. The zero-order valence-electron chi connectivity index (χ0n) is 14.6. The number of hydrogen-bond donors (Lipinski definition) is 0. The van der Waals surface area contributed by atoms with Gasteiger partial charge in [-0.15, -0.1) is 0 Å². The fourth-order valence-corrected chi connectivity index (χ4v) is 6.02. The predicted octanol–water partition coefficient (Wildman–Crippen LogP) is 4.73. The smallest absolute Gasteiger partial charge is 0.0758 e. The molecule has 0 aliphatic heterocycles. The van der Waals surface area contributed by atoms with Crippen molar-refractivity contribution in [1.82, 2.24) is 0 Å². The van der Waals surface area contributed by atoms with Crippen molar-refractivity contribution in [2.45, 2.75) is 31.5 Å². The molecule has 2 fully saturated rings. The first kappa shape index (κ1) is 22.1. The second-order valence-corrected chi connectivity index (χ2v) is 13.1. The van der Waals surface area contributed by atoms with E-state index in [4.69, 9.17) is 0 Å². The third-order valence-corrected chi connectivity index (χ3v) is 7.26. The monoisotopic (exact) mass is 396 g/mol. The van der Waals surface area contributed by atoms with E-state index in [0.717, 1.165) is 10.1 Å². The Balaban J connectivity index is 0.000000412. The van der Waals surface area contributed by atoms with Crippen molar-refractivity contribution in [3.63, 3.8) is 0 Å². The molecule has 0 N–H and O–H groups in total. The van der Waals surface area contributed by atoms with Gasteiger partial charge in [-0.05, 0) is 76.0 Å². The van der Waals surface area contributed by atoms with Crippen molar-refractivity contribution < 1.29 is 21.3 Å². The molecule has 0 unspecified atom stereocenters. The largest absolute Gasteiger partial charge is 0.254 e. The van der Waals surface area contributed by atoms with Crippen molar-refractivity contribution >= 4 is 18.9 Å². The molecule has 1 aromatic rings. The molecule has 1 nitrogen and oxygen atoms in total. The van der Waals surface area contributed by atoms with E-state index in [1.54, 1.807) is 0 Å². The Morgan fingerprint density at radius 3 is 1.75 bits per heavy atom. The Morgan fingerprint density at radius 2 is 1.29 bits per heavy atom.